The van der Waals surface area contributed by atoms with Crippen molar-refractivity contribution in [1.82, 2.24) is 5.32 Å². The molecule has 0 heterocycles. The summed E-state index contributed by atoms with van der Waals surface area (Å²) in [6.45, 7) is 4.89. The fourth-order valence-corrected chi connectivity index (χ4v) is 1.84. The van der Waals surface area contributed by atoms with E-state index in [2.05, 4.69) is 17.2 Å². The second kappa shape index (κ2) is 9.41. The molecule has 0 radical (unpaired) electrons. The number of rotatable bonds is 6. The Morgan fingerprint density at radius 3 is 2.90 bits per heavy atom. The highest BCUT2D eigenvalue weighted by Crippen LogP contribution is 2.17. The van der Waals surface area contributed by atoms with E-state index in [1.807, 2.05) is 13.8 Å². The van der Waals surface area contributed by atoms with Crippen molar-refractivity contribution < 1.29 is 14.6 Å². The van der Waals surface area contributed by atoms with Crippen LogP contribution in [0.5, 0.6) is 0 Å². The lowest BCUT2D eigenvalue weighted by Gasteiger charge is -2.13. The molecule has 0 aromatic heterocycles. The summed E-state index contributed by atoms with van der Waals surface area (Å²) in [5.41, 5.74) is 1.13. The number of benzene rings is 1. The van der Waals surface area contributed by atoms with Gasteiger partial charge in [0.2, 0.25) is 0 Å². The van der Waals surface area contributed by atoms with E-state index >= 15 is 0 Å². The lowest BCUT2D eigenvalue weighted by Crippen LogP contribution is -2.35. The standard InChI is InChI=1S/C16H20ClNO3/c1-3-21-11-12(2)18-16(20)14-8-7-13(15(17)10-14)6-4-5-9-19/h7-8,10,12,19H,3,5,9,11H2,1-2H3,(H,18,20). The van der Waals surface area contributed by atoms with Crippen LogP contribution in [-0.4, -0.2) is 36.9 Å². The second-order valence-electron chi connectivity index (χ2n) is 4.50. The Hall–Kier alpha value is -1.54. The smallest absolute Gasteiger partial charge is 0.251 e. The summed E-state index contributed by atoms with van der Waals surface area (Å²) in [6, 6.07) is 4.90. The van der Waals surface area contributed by atoms with Gasteiger partial charge in [0.05, 0.1) is 18.2 Å². The van der Waals surface area contributed by atoms with Crippen LogP contribution >= 0.6 is 11.6 Å². The van der Waals surface area contributed by atoms with Crippen molar-refractivity contribution in [2.45, 2.75) is 26.3 Å². The van der Waals surface area contributed by atoms with Gasteiger partial charge < -0.3 is 15.2 Å². The van der Waals surface area contributed by atoms with E-state index in [0.29, 0.717) is 35.8 Å². The summed E-state index contributed by atoms with van der Waals surface area (Å²) in [4.78, 5) is 12.0. The summed E-state index contributed by atoms with van der Waals surface area (Å²) in [7, 11) is 0. The van der Waals surface area contributed by atoms with Crippen molar-refractivity contribution in [3.63, 3.8) is 0 Å². The Labute approximate surface area is 130 Å². The van der Waals surface area contributed by atoms with Crippen molar-refractivity contribution in [1.29, 1.82) is 0 Å². The number of hydrogen-bond acceptors (Lipinski definition) is 3. The zero-order chi connectivity index (χ0) is 15.7. The number of carbonyl (C=O) groups is 1. The van der Waals surface area contributed by atoms with Gasteiger partial charge in [-0.05, 0) is 32.0 Å². The van der Waals surface area contributed by atoms with E-state index < -0.39 is 0 Å². The topological polar surface area (TPSA) is 58.6 Å². The summed E-state index contributed by atoms with van der Waals surface area (Å²) in [5.74, 6) is 5.45. The Morgan fingerprint density at radius 1 is 1.52 bits per heavy atom. The monoisotopic (exact) mass is 309 g/mol. The highest BCUT2D eigenvalue weighted by Gasteiger charge is 2.11. The molecular weight excluding hydrogens is 290 g/mol. The summed E-state index contributed by atoms with van der Waals surface area (Å²) < 4.78 is 5.25. The molecule has 1 atom stereocenters. The molecule has 0 aliphatic rings. The number of aliphatic hydroxyl groups excluding tert-OH is 1. The minimum atomic E-state index is -0.195. The SMILES string of the molecule is CCOCC(C)NC(=O)c1ccc(C#CCCO)c(Cl)c1. The first-order chi connectivity index (χ1) is 10.1. The molecular formula is C16H20ClNO3. The van der Waals surface area contributed by atoms with Crippen LogP contribution in [0.3, 0.4) is 0 Å². The third-order valence-corrected chi connectivity index (χ3v) is 2.95. The molecule has 0 aliphatic heterocycles. The van der Waals surface area contributed by atoms with E-state index in [4.69, 9.17) is 21.4 Å². The Bertz CT molecular complexity index is 534. The first-order valence-electron chi connectivity index (χ1n) is 6.86. The fourth-order valence-electron chi connectivity index (χ4n) is 1.61. The van der Waals surface area contributed by atoms with Gasteiger partial charge in [0.1, 0.15) is 0 Å². The van der Waals surface area contributed by atoms with E-state index in [1.165, 1.54) is 0 Å². The number of hydrogen-bond donors (Lipinski definition) is 2. The van der Waals surface area contributed by atoms with Crippen molar-refractivity contribution in [3.8, 4) is 11.8 Å². The highest BCUT2D eigenvalue weighted by atomic mass is 35.5. The Kier molecular flexibility index (Phi) is 7.84. The number of amides is 1. The summed E-state index contributed by atoms with van der Waals surface area (Å²) in [6.07, 6.45) is 0.396. The first-order valence-corrected chi connectivity index (χ1v) is 7.24. The van der Waals surface area contributed by atoms with E-state index in [1.54, 1.807) is 18.2 Å². The van der Waals surface area contributed by atoms with Gasteiger partial charge >= 0.3 is 0 Å². The van der Waals surface area contributed by atoms with E-state index in [0.717, 1.165) is 0 Å². The van der Waals surface area contributed by atoms with Gasteiger partial charge in [0.15, 0.2) is 0 Å². The van der Waals surface area contributed by atoms with Gasteiger partial charge in [-0.15, -0.1) is 0 Å². The average Bonchev–Trinajstić information content (AvgIpc) is 2.46. The van der Waals surface area contributed by atoms with Crippen LogP contribution in [0.1, 0.15) is 36.2 Å². The summed E-state index contributed by atoms with van der Waals surface area (Å²) in [5, 5.41) is 11.9. The molecule has 4 nitrogen and oxygen atoms in total. The maximum Gasteiger partial charge on any atom is 0.251 e. The van der Waals surface area contributed by atoms with E-state index in [9.17, 15) is 4.79 Å². The number of carbonyl (C=O) groups excluding carboxylic acids is 1. The summed E-state index contributed by atoms with van der Waals surface area (Å²) >= 11 is 6.10. The zero-order valence-electron chi connectivity index (χ0n) is 12.3. The molecule has 0 fully saturated rings. The third kappa shape index (κ3) is 6.17. The van der Waals surface area contributed by atoms with Gasteiger partial charge in [-0.25, -0.2) is 0 Å². The zero-order valence-corrected chi connectivity index (χ0v) is 13.0. The van der Waals surface area contributed by atoms with Crippen LogP contribution in [0.15, 0.2) is 18.2 Å². The molecule has 1 aromatic carbocycles. The van der Waals surface area contributed by atoms with Crippen LogP contribution in [0.2, 0.25) is 5.02 Å². The number of ether oxygens (including phenoxy) is 1. The molecule has 21 heavy (non-hydrogen) atoms. The Morgan fingerprint density at radius 2 is 2.29 bits per heavy atom. The van der Waals surface area contributed by atoms with Crippen LogP contribution < -0.4 is 5.32 Å². The molecule has 0 saturated carbocycles. The molecule has 1 aromatic rings. The van der Waals surface area contributed by atoms with Gasteiger partial charge in [-0.2, -0.15) is 0 Å². The van der Waals surface area contributed by atoms with Crippen LogP contribution in [0.25, 0.3) is 0 Å². The van der Waals surface area contributed by atoms with Gasteiger partial charge in [0.25, 0.3) is 5.91 Å². The minimum Gasteiger partial charge on any atom is -0.395 e. The van der Waals surface area contributed by atoms with Gasteiger partial charge in [-0.3, -0.25) is 4.79 Å². The van der Waals surface area contributed by atoms with Crippen LogP contribution in [-0.2, 0) is 4.74 Å². The average molecular weight is 310 g/mol. The second-order valence-corrected chi connectivity index (χ2v) is 4.91. The quantitative estimate of drug-likeness (QED) is 0.792. The van der Waals surface area contributed by atoms with Crippen molar-refractivity contribution in [2.75, 3.05) is 19.8 Å². The lowest BCUT2D eigenvalue weighted by molar-refractivity contribution is 0.0872. The minimum absolute atomic E-state index is 0.0167. The van der Waals surface area contributed by atoms with Gasteiger partial charge in [0, 0.05) is 30.2 Å². The Balaban J connectivity index is 2.70. The van der Waals surface area contributed by atoms with Crippen molar-refractivity contribution >= 4 is 17.5 Å². The molecule has 0 saturated heterocycles. The largest absolute Gasteiger partial charge is 0.395 e. The van der Waals surface area contributed by atoms with Crippen LogP contribution in [0.4, 0.5) is 0 Å². The molecule has 0 bridgehead atoms. The molecule has 1 rings (SSSR count). The number of nitrogens with one attached hydrogen (secondary N) is 1. The maximum atomic E-state index is 12.0. The molecule has 0 aliphatic carbocycles. The molecule has 2 N–H and O–H groups in total. The molecule has 114 valence electrons. The predicted molar refractivity (Wildman–Crippen MR) is 83.5 cm³/mol. The normalized spacial score (nSPS) is 11.4. The van der Waals surface area contributed by atoms with Crippen molar-refractivity contribution in [3.05, 3.63) is 34.3 Å². The fraction of sp³-hybridized carbons (Fsp3) is 0.438. The molecule has 1 amide bonds. The van der Waals surface area contributed by atoms with Gasteiger partial charge in [-0.1, -0.05) is 23.4 Å². The third-order valence-electron chi connectivity index (χ3n) is 2.64. The molecule has 5 heteroatoms. The number of aliphatic hydroxyl groups is 1. The number of halogens is 1. The molecule has 1 unspecified atom stereocenters. The van der Waals surface area contributed by atoms with E-state index in [-0.39, 0.29) is 18.6 Å². The molecule has 0 spiro atoms. The van der Waals surface area contributed by atoms with Crippen LogP contribution in [0, 0.1) is 11.8 Å². The predicted octanol–water partition coefficient (Wildman–Crippen LogP) is 2.23. The first kappa shape index (κ1) is 17.5. The maximum absolute atomic E-state index is 12.0. The highest BCUT2D eigenvalue weighted by molar-refractivity contribution is 6.32. The lowest BCUT2D eigenvalue weighted by atomic mass is 10.1. The van der Waals surface area contributed by atoms with Crippen molar-refractivity contribution in [2.24, 2.45) is 0 Å².